The van der Waals surface area contributed by atoms with E-state index in [4.69, 9.17) is 5.11 Å². The maximum atomic E-state index is 13.5. The highest BCUT2D eigenvalue weighted by atomic mass is 79.9. The Balaban J connectivity index is 2.84. The number of nitrogens with one attached hydrogen (secondary N) is 1. The van der Waals surface area contributed by atoms with Crippen LogP contribution in [-0.2, 0) is 4.79 Å². The summed E-state index contributed by atoms with van der Waals surface area (Å²) in [6.45, 7) is 1.66. The van der Waals surface area contributed by atoms with E-state index in [-0.39, 0.29) is 12.1 Å². The van der Waals surface area contributed by atoms with Crippen molar-refractivity contribution in [2.45, 2.75) is 19.4 Å². The van der Waals surface area contributed by atoms with Crippen molar-refractivity contribution >= 4 is 33.6 Å². The average Bonchev–Trinajstić information content (AvgIpc) is 2.34. The van der Waals surface area contributed by atoms with Crippen molar-refractivity contribution in [3.8, 4) is 0 Å². The molecule has 0 bridgehead atoms. The van der Waals surface area contributed by atoms with Gasteiger partial charge in [-0.05, 0) is 24.6 Å². The maximum Gasteiger partial charge on any atom is 0.326 e. The monoisotopic (exact) mass is 332 g/mol. The van der Waals surface area contributed by atoms with E-state index in [0.29, 0.717) is 4.47 Å². The Morgan fingerprint density at radius 2 is 2.16 bits per heavy atom. The van der Waals surface area contributed by atoms with Crippen molar-refractivity contribution in [1.82, 2.24) is 4.90 Å². The number of aliphatic carboxylic acids is 1. The van der Waals surface area contributed by atoms with Crippen LogP contribution in [0.5, 0.6) is 0 Å². The lowest BCUT2D eigenvalue weighted by Crippen LogP contribution is -2.44. The molecule has 1 aromatic rings. The van der Waals surface area contributed by atoms with Gasteiger partial charge < -0.3 is 15.3 Å². The van der Waals surface area contributed by atoms with Gasteiger partial charge >= 0.3 is 12.0 Å². The minimum absolute atomic E-state index is 0.00790. The van der Waals surface area contributed by atoms with E-state index in [1.54, 1.807) is 6.92 Å². The lowest BCUT2D eigenvalue weighted by molar-refractivity contribution is -0.141. The van der Waals surface area contributed by atoms with E-state index in [1.807, 2.05) is 0 Å². The number of carbonyl (C=O) groups is 2. The van der Waals surface area contributed by atoms with Gasteiger partial charge in [0.15, 0.2) is 0 Å². The van der Waals surface area contributed by atoms with E-state index in [2.05, 4.69) is 21.2 Å². The van der Waals surface area contributed by atoms with Crippen LogP contribution in [0, 0.1) is 5.82 Å². The summed E-state index contributed by atoms with van der Waals surface area (Å²) in [6, 6.07) is 2.49. The van der Waals surface area contributed by atoms with Gasteiger partial charge in [-0.3, -0.25) is 0 Å². The van der Waals surface area contributed by atoms with Crippen LogP contribution in [0.25, 0.3) is 0 Å². The number of halogens is 2. The zero-order valence-electron chi connectivity index (χ0n) is 10.5. The third-order valence-corrected chi connectivity index (χ3v) is 3.12. The lowest BCUT2D eigenvalue weighted by Gasteiger charge is -2.24. The molecule has 0 fully saturated rings. The summed E-state index contributed by atoms with van der Waals surface area (Å²) in [7, 11) is 1.35. The molecule has 2 amide bonds. The van der Waals surface area contributed by atoms with Crippen LogP contribution in [-0.4, -0.2) is 35.1 Å². The Hall–Kier alpha value is -1.63. The molecule has 0 aliphatic heterocycles. The van der Waals surface area contributed by atoms with Crippen molar-refractivity contribution in [2.24, 2.45) is 0 Å². The molecule has 104 valence electrons. The van der Waals surface area contributed by atoms with Crippen molar-refractivity contribution in [3.05, 3.63) is 28.5 Å². The summed E-state index contributed by atoms with van der Waals surface area (Å²) in [5.74, 6) is -1.69. The molecule has 0 aromatic heterocycles. The third-order valence-electron chi connectivity index (χ3n) is 2.63. The first-order valence-electron chi connectivity index (χ1n) is 5.58. The molecular weight excluding hydrogens is 319 g/mol. The zero-order chi connectivity index (χ0) is 14.6. The van der Waals surface area contributed by atoms with Crippen LogP contribution in [0.1, 0.15) is 13.3 Å². The fraction of sp³-hybridized carbons (Fsp3) is 0.333. The standard InChI is InChI=1S/C12H14BrFN2O3/c1-3-10(11(17)18)16(2)12(19)15-9-6-7(13)4-5-8(9)14/h4-6,10H,3H2,1-2H3,(H,15,19)(H,17,18). The van der Waals surface area contributed by atoms with Gasteiger partial charge in [0.2, 0.25) is 0 Å². The Morgan fingerprint density at radius 1 is 1.53 bits per heavy atom. The van der Waals surface area contributed by atoms with E-state index in [9.17, 15) is 14.0 Å². The van der Waals surface area contributed by atoms with Crippen LogP contribution >= 0.6 is 15.9 Å². The zero-order valence-corrected chi connectivity index (χ0v) is 12.1. The number of anilines is 1. The smallest absolute Gasteiger partial charge is 0.326 e. The second kappa shape index (κ2) is 6.51. The molecule has 0 aliphatic rings. The molecule has 5 nitrogen and oxygen atoms in total. The molecule has 0 aliphatic carbocycles. The van der Waals surface area contributed by atoms with E-state index >= 15 is 0 Å². The topological polar surface area (TPSA) is 69.6 Å². The normalized spacial score (nSPS) is 11.8. The van der Waals surface area contributed by atoms with Gasteiger partial charge in [-0.15, -0.1) is 0 Å². The number of carboxylic acids is 1. The quantitative estimate of drug-likeness (QED) is 0.890. The molecule has 1 aromatic carbocycles. The number of urea groups is 1. The lowest BCUT2D eigenvalue weighted by atomic mass is 10.2. The second-order valence-corrected chi connectivity index (χ2v) is 4.84. The average molecular weight is 333 g/mol. The molecular formula is C12H14BrFN2O3. The first-order chi connectivity index (χ1) is 8.86. The number of benzene rings is 1. The summed E-state index contributed by atoms with van der Waals surface area (Å²) in [5, 5.41) is 11.3. The number of nitrogens with zero attached hydrogens (tertiary/aromatic N) is 1. The van der Waals surface area contributed by atoms with Gasteiger partial charge in [-0.2, -0.15) is 0 Å². The number of carboxylic acid groups (broad SMARTS) is 1. The predicted molar refractivity (Wildman–Crippen MR) is 72.6 cm³/mol. The Kier molecular flexibility index (Phi) is 5.29. The number of hydrogen-bond acceptors (Lipinski definition) is 2. The van der Waals surface area contributed by atoms with Gasteiger partial charge in [0.05, 0.1) is 5.69 Å². The molecule has 19 heavy (non-hydrogen) atoms. The van der Waals surface area contributed by atoms with E-state index in [0.717, 1.165) is 4.90 Å². The minimum atomic E-state index is -1.10. The van der Waals surface area contributed by atoms with Gasteiger partial charge in [0.1, 0.15) is 11.9 Å². The molecule has 1 atom stereocenters. The Labute approximate surface area is 118 Å². The molecule has 7 heteroatoms. The minimum Gasteiger partial charge on any atom is -0.480 e. The molecule has 0 heterocycles. The highest BCUT2D eigenvalue weighted by molar-refractivity contribution is 9.10. The molecule has 2 N–H and O–H groups in total. The molecule has 1 rings (SSSR count). The predicted octanol–water partition coefficient (Wildman–Crippen LogP) is 2.92. The summed E-state index contributed by atoms with van der Waals surface area (Å²) in [6.07, 6.45) is 0.264. The van der Waals surface area contributed by atoms with Gasteiger partial charge in [0.25, 0.3) is 0 Å². The molecule has 1 unspecified atom stereocenters. The second-order valence-electron chi connectivity index (χ2n) is 3.93. The highest BCUT2D eigenvalue weighted by Crippen LogP contribution is 2.20. The van der Waals surface area contributed by atoms with E-state index < -0.39 is 23.9 Å². The molecule has 0 spiro atoms. The van der Waals surface area contributed by atoms with Crippen LogP contribution < -0.4 is 5.32 Å². The Bertz CT molecular complexity index is 496. The number of carbonyl (C=O) groups excluding carboxylic acids is 1. The molecule has 0 saturated heterocycles. The number of hydrogen-bond donors (Lipinski definition) is 2. The third kappa shape index (κ3) is 3.92. The fourth-order valence-corrected chi connectivity index (χ4v) is 1.91. The summed E-state index contributed by atoms with van der Waals surface area (Å²) < 4.78 is 14.1. The van der Waals surface area contributed by atoms with Crippen molar-refractivity contribution in [3.63, 3.8) is 0 Å². The van der Waals surface area contributed by atoms with Crippen molar-refractivity contribution < 1.29 is 19.1 Å². The van der Waals surface area contributed by atoms with Crippen LogP contribution in [0.2, 0.25) is 0 Å². The van der Waals surface area contributed by atoms with Gasteiger partial charge in [0, 0.05) is 11.5 Å². The fourth-order valence-electron chi connectivity index (χ4n) is 1.55. The molecule has 0 radical (unpaired) electrons. The number of likely N-dealkylation sites (N-methyl/N-ethyl adjacent to an activating group) is 1. The SMILES string of the molecule is CCC(C(=O)O)N(C)C(=O)Nc1cc(Br)ccc1F. The number of amides is 2. The van der Waals surface area contributed by atoms with Crippen LogP contribution in [0.3, 0.4) is 0 Å². The molecule has 0 saturated carbocycles. The first kappa shape index (κ1) is 15.4. The summed E-state index contributed by atoms with van der Waals surface area (Å²) in [4.78, 5) is 23.8. The maximum absolute atomic E-state index is 13.5. The van der Waals surface area contributed by atoms with Gasteiger partial charge in [-0.1, -0.05) is 22.9 Å². The van der Waals surface area contributed by atoms with Gasteiger partial charge in [-0.25, -0.2) is 14.0 Å². The largest absolute Gasteiger partial charge is 0.480 e. The van der Waals surface area contributed by atoms with Crippen molar-refractivity contribution in [1.29, 1.82) is 0 Å². The van der Waals surface area contributed by atoms with Crippen molar-refractivity contribution in [2.75, 3.05) is 12.4 Å². The van der Waals surface area contributed by atoms with Crippen LogP contribution in [0.15, 0.2) is 22.7 Å². The summed E-state index contributed by atoms with van der Waals surface area (Å²) in [5.41, 5.74) is -0.00790. The van der Waals surface area contributed by atoms with E-state index in [1.165, 1.54) is 25.2 Å². The highest BCUT2D eigenvalue weighted by Gasteiger charge is 2.25. The summed E-state index contributed by atoms with van der Waals surface area (Å²) >= 11 is 3.16. The number of rotatable bonds is 4. The van der Waals surface area contributed by atoms with Crippen LogP contribution in [0.4, 0.5) is 14.9 Å². The Morgan fingerprint density at radius 3 is 2.68 bits per heavy atom. The first-order valence-corrected chi connectivity index (χ1v) is 6.37.